The summed E-state index contributed by atoms with van der Waals surface area (Å²) in [6, 6.07) is 0. The molecule has 0 spiro atoms. The number of carbonyl (C=O) groups is 2. The molecule has 1 unspecified atom stereocenters. The zero-order chi connectivity index (χ0) is 12.3. The van der Waals surface area contributed by atoms with Crippen LogP contribution in [0.15, 0.2) is 22.0 Å². The van der Waals surface area contributed by atoms with Gasteiger partial charge in [-0.1, -0.05) is 0 Å². The number of rotatable bonds is 5. The molecule has 8 nitrogen and oxygen atoms in total. The molecule has 0 saturated carbocycles. The third-order valence-corrected chi connectivity index (χ3v) is 3.04. The molecule has 0 fully saturated rings. The number of aliphatic carboxylic acids is 1. The number of carboxylic acids is 1. The molecule has 9 heteroatoms. The van der Waals surface area contributed by atoms with Crippen molar-refractivity contribution < 1.29 is 27.7 Å². The van der Waals surface area contributed by atoms with Crippen LogP contribution in [0.5, 0.6) is 0 Å². The quantitative estimate of drug-likeness (QED) is 0.657. The number of azo groups is 1. The van der Waals surface area contributed by atoms with Gasteiger partial charge in [-0.25, -0.2) is 0 Å². The fourth-order valence-electron chi connectivity index (χ4n) is 1.15. The van der Waals surface area contributed by atoms with Crippen molar-refractivity contribution >= 4 is 22.0 Å². The molecule has 0 aromatic heterocycles. The molecule has 0 bridgehead atoms. The standard InChI is InChI=1S/C7H8N2O6S/c10-6-3-4(8-9-6)5(16(13,14)15)1-2-7(11)12/h3,5H,1-2H2,(H,11,12)(H,13,14,15). The minimum absolute atomic E-state index is 0.242. The fraction of sp³-hybridized carbons (Fsp3) is 0.429. The van der Waals surface area contributed by atoms with E-state index in [1.807, 2.05) is 0 Å². The number of nitrogens with zero attached hydrogens (tertiary/aromatic N) is 2. The molecule has 0 aliphatic carbocycles. The van der Waals surface area contributed by atoms with Gasteiger partial charge in [0.1, 0.15) is 5.25 Å². The Kier molecular flexibility index (Phi) is 3.50. The summed E-state index contributed by atoms with van der Waals surface area (Å²) in [7, 11) is -4.51. The average Bonchev–Trinajstić information content (AvgIpc) is 2.49. The van der Waals surface area contributed by atoms with E-state index in [0.717, 1.165) is 6.08 Å². The third kappa shape index (κ3) is 3.21. The van der Waals surface area contributed by atoms with Gasteiger partial charge < -0.3 is 5.11 Å². The maximum atomic E-state index is 10.9. The molecule has 0 aromatic carbocycles. The van der Waals surface area contributed by atoms with Gasteiger partial charge in [-0.3, -0.25) is 14.1 Å². The lowest BCUT2D eigenvalue weighted by molar-refractivity contribution is -0.137. The minimum atomic E-state index is -4.51. The van der Waals surface area contributed by atoms with Crippen molar-refractivity contribution in [2.24, 2.45) is 10.2 Å². The van der Waals surface area contributed by atoms with Crippen LogP contribution in [-0.4, -0.2) is 35.2 Å². The van der Waals surface area contributed by atoms with Crippen LogP contribution in [0, 0.1) is 0 Å². The molecule has 1 aliphatic heterocycles. The van der Waals surface area contributed by atoms with Crippen molar-refractivity contribution in [3.05, 3.63) is 11.8 Å². The number of hydrogen-bond donors (Lipinski definition) is 2. The number of carbonyl (C=O) groups excluding carboxylic acids is 1. The molecule has 88 valence electrons. The molecule has 0 saturated heterocycles. The third-order valence-electron chi connectivity index (χ3n) is 1.85. The highest BCUT2D eigenvalue weighted by Gasteiger charge is 2.30. The first-order chi connectivity index (χ1) is 7.30. The monoisotopic (exact) mass is 248 g/mol. The molecule has 1 rings (SSSR count). The van der Waals surface area contributed by atoms with E-state index in [1.165, 1.54) is 0 Å². The molecule has 1 heterocycles. The highest BCUT2D eigenvalue weighted by Crippen LogP contribution is 2.21. The lowest BCUT2D eigenvalue weighted by Gasteiger charge is -2.10. The first-order valence-electron chi connectivity index (χ1n) is 4.16. The summed E-state index contributed by atoms with van der Waals surface area (Å²) in [6.07, 6.45) is 0.0120. The Balaban J connectivity index is 2.90. The van der Waals surface area contributed by atoms with E-state index in [2.05, 4.69) is 10.2 Å². The predicted molar refractivity (Wildman–Crippen MR) is 50.2 cm³/mol. The van der Waals surface area contributed by atoms with Crippen molar-refractivity contribution in [3.8, 4) is 0 Å². The van der Waals surface area contributed by atoms with Crippen LogP contribution in [0.1, 0.15) is 12.8 Å². The van der Waals surface area contributed by atoms with E-state index in [-0.39, 0.29) is 12.1 Å². The molecule has 1 aliphatic rings. The Labute approximate surface area is 90.4 Å². The number of carboxylic acid groups (broad SMARTS) is 1. The molecular formula is C7H8N2O6S. The Morgan fingerprint density at radius 1 is 1.44 bits per heavy atom. The van der Waals surface area contributed by atoms with Gasteiger partial charge in [0.25, 0.3) is 16.0 Å². The van der Waals surface area contributed by atoms with Gasteiger partial charge >= 0.3 is 5.97 Å². The Hall–Kier alpha value is -1.61. The smallest absolute Gasteiger partial charge is 0.303 e. The zero-order valence-electron chi connectivity index (χ0n) is 7.90. The van der Waals surface area contributed by atoms with E-state index < -0.39 is 33.7 Å². The molecule has 2 N–H and O–H groups in total. The molecule has 1 atom stereocenters. The second kappa shape index (κ2) is 4.49. The maximum Gasteiger partial charge on any atom is 0.303 e. The van der Waals surface area contributed by atoms with E-state index >= 15 is 0 Å². The molecule has 0 radical (unpaired) electrons. The number of amides is 1. The average molecular weight is 248 g/mol. The van der Waals surface area contributed by atoms with Crippen molar-refractivity contribution in [2.75, 3.05) is 0 Å². The predicted octanol–water partition coefficient (Wildman–Crippen LogP) is -0.0161. The minimum Gasteiger partial charge on any atom is -0.481 e. The van der Waals surface area contributed by atoms with Gasteiger partial charge in [0.15, 0.2) is 0 Å². The highest BCUT2D eigenvalue weighted by atomic mass is 32.2. The fourth-order valence-corrected chi connectivity index (χ4v) is 1.99. The van der Waals surface area contributed by atoms with Crippen LogP contribution < -0.4 is 0 Å². The highest BCUT2D eigenvalue weighted by molar-refractivity contribution is 7.86. The van der Waals surface area contributed by atoms with Crippen molar-refractivity contribution in [1.29, 1.82) is 0 Å². The Morgan fingerprint density at radius 2 is 2.06 bits per heavy atom. The van der Waals surface area contributed by atoms with Gasteiger partial charge in [0.05, 0.1) is 5.70 Å². The van der Waals surface area contributed by atoms with Crippen LogP contribution in [0.3, 0.4) is 0 Å². The normalized spacial score (nSPS) is 17.3. The van der Waals surface area contributed by atoms with Crippen molar-refractivity contribution in [1.82, 2.24) is 0 Å². The summed E-state index contributed by atoms with van der Waals surface area (Å²) < 4.78 is 30.8. The SMILES string of the molecule is O=C(O)CCC(C1=CC(=O)N=N1)S(=O)(=O)O. The largest absolute Gasteiger partial charge is 0.481 e. The molecule has 0 aromatic rings. The molecule has 1 amide bonds. The summed E-state index contributed by atoms with van der Waals surface area (Å²) >= 11 is 0. The van der Waals surface area contributed by atoms with Crippen LogP contribution in [-0.2, 0) is 19.7 Å². The summed E-state index contributed by atoms with van der Waals surface area (Å²) in [5, 5.41) is 13.2. The van der Waals surface area contributed by atoms with E-state index in [0.29, 0.717) is 0 Å². The van der Waals surface area contributed by atoms with Gasteiger partial charge in [0.2, 0.25) is 0 Å². The number of hydrogen-bond acceptors (Lipinski definition) is 5. The van der Waals surface area contributed by atoms with Gasteiger partial charge in [-0.2, -0.15) is 13.5 Å². The summed E-state index contributed by atoms with van der Waals surface area (Å²) in [5.41, 5.74) is -0.242. The summed E-state index contributed by atoms with van der Waals surface area (Å²) in [6.45, 7) is 0. The first kappa shape index (κ1) is 12.5. The topological polar surface area (TPSA) is 133 Å². The second-order valence-electron chi connectivity index (χ2n) is 3.04. The second-order valence-corrected chi connectivity index (χ2v) is 4.64. The summed E-state index contributed by atoms with van der Waals surface area (Å²) in [5.74, 6) is -1.95. The first-order valence-corrected chi connectivity index (χ1v) is 5.66. The van der Waals surface area contributed by atoms with Crippen LogP contribution in [0.4, 0.5) is 0 Å². The Morgan fingerprint density at radius 3 is 2.44 bits per heavy atom. The van der Waals surface area contributed by atoms with Gasteiger partial charge in [0, 0.05) is 12.5 Å². The van der Waals surface area contributed by atoms with E-state index in [9.17, 15) is 18.0 Å². The van der Waals surface area contributed by atoms with E-state index in [1.54, 1.807) is 0 Å². The lowest BCUT2D eigenvalue weighted by Crippen LogP contribution is -2.23. The van der Waals surface area contributed by atoms with Crippen LogP contribution in [0.25, 0.3) is 0 Å². The Bertz CT molecular complexity index is 477. The zero-order valence-corrected chi connectivity index (χ0v) is 8.72. The maximum absolute atomic E-state index is 10.9. The van der Waals surface area contributed by atoms with Gasteiger partial charge in [-0.15, -0.1) is 5.11 Å². The van der Waals surface area contributed by atoms with E-state index in [4.69, 9.17) is 9.66 Å². The molecular weight excluding hydrogens is 240 g/mol. The lowest BCUT2D eigenvalue weighted by atomic mass is 10.2. The molecule has 16 heavy (non-hydrogen) atoms. The summed E-state index contributed by atoms with van der Waals surface area (Å²) in [4.78, 5) is 21.0. The van der Waals surface area contributed by atoms with Crippen molar-refractivity contribution in [3.63, 3.8) is 0 Å². The van der Waals surface area contributed by atoms with Crippen molar-refractivity contribution in [2.45, 2.75) is 18.1 Å². The van der Waals surface area contributed by atoms with Crippen LogP contribution >= 0.6 is 0 Å². The van der Waals surface area contributed by atoms with Crippen LogP contribution in [0.2, 0.25) is 0 Å². The van der Waals surface area contributed by atoms with Gasteiger partial charge in [-0.05, 0) is 6.42 Å².